The Hall–Kier alpha value is -1.39. The summed E-state index contributed by atoms with van der Waals surface area (Å²) < 4.78 is 5.88. The second kappa shape index (κ2) is 6.58. The number of ether oxygens (including phenoxy) is 1. The number of nitrogens with zero attached hydrogens (tertiary/aromatic N) is 2. The third-order valence-electron chi connectivity index (χ3n) is 4.66. The summed E-state index contributed by atoms with van der Waals surface area (Å²) in [5, 5.41) is 0. The molecular formula is C17H24N2O2. The van der Waals surface area contributed by atoms with Crippen molar-refractivity contribution in [2.75, 3.05) is 32.8 Å². The highest BCUT2D eigenvalue weighted by molar-refractivity contribution is 5.79. The molecule has 2 aliphatic rings. The van der Waals surface area contributed by atoms with Crippen LogP contribution in [0.1, 0.15) is 18.9 Å². The second-order valence-corrected chi connectivity index (χ2v) is 5.90. The Bertz CT molecular complexity index is 471. The van der Waals surface area contributed by atoms with E-state index in [-0.39, 0.29) is 5.91 Å². The van der Waals surface area contributed by atoms with Gasteiger partial charge in [-0.2, -0.15) is 0 Å². The summed E-state index contributed by atoms with van der Waals surface area (Å²) in [4.78, 5) is 17.0. The number of amides is 1. The number of carbonyl (C=O) groups is 1. The molecule has 4 nitrogen and oxygen atoms in total. The molecule has 2 atom stereocenters. The SMILES string of the molecule is CCN1CCO[C@H]2CCN(C(=O)Cc3ccccc3)C[C@@H]21. The molecule has 2 saturated heterocycles. The Morgan fingerprint density at radius 3 is 2.86 bits per heavy atom. The van der Waals surface area contributed by atoms with Crippen LogP contribution < -0.4 is 0 Å². The maximum Gasteiger partial charge on any atom is 0.227 e. The normalized spacial score (nSPS) is 26.4. The zero-order chi connectivity index (χ0) is 14.7. The molecule has 0 spiro atoms. The Kier molecular flexibility index (Phi) is 4.56. The fourth-order valence-electron chi connectivity index (χ4n) is 3.44. The summed E-state index contributed by atoms with van der Waals surface area (Å²) in [6, 6.07) is 10.4. The van der Waals surface area contributed by atoms with Gasteiger partial charge in [0.25, 0.3) is 0 Å². The number of rotatable bonds is 3. The first-order chi connectivity index (χ1) is 10.3. The van der Waals surface area contributed by atoms with Gasteiger partial charge in [-0.3, -0.25) is 9.69 Å². The highest BCUT2D eigenvalue weighted by Crippen LogP contribution is 2.23. The summed E-state index contributed by atoms with van der Waals surface area (Å²) in [6.07, 6.45) is 1.77. The highest BCUT2D eigenvalue weighted by atomic mass is 16.5. The fraction of sp³-hybridized carbons (Fsp3) is 0.588. The van der Waals surface area contributed by atoms with E-state index in [1.807, 2.05) is 35.2 Å². The number of hydrogen-bond donors (Lipinski definition) is 0. The molecule has 0 unspecified atom stereocenters. The minimum Gasteiger partial charge on any atom is -0.375 e. The Morgan fingerprint density at radius 2 is 2.10 bits per heavy atom. The van der Waals surface area contributed by atoms with Crippen molar-refractivity contribution in [1.29, 1.82) is 0 Å². The van der Waals surface area contributed by atoms with E-state index in [9.17, 15) is 4.79 Å². The van der Waals surface area contributed by atoms with Gasteiger partial charge in [-0.1, -0.05) is 37.3 Å². The van der Waals surface area contributed by atoms with E-state index in [0.29, 0.717) is 18.6 Å². The summed E-state index contributed by atoms with van der Waals surface area (Å²) in [5.41, 5.74) is 1.09. The molecular weight excluding hydrogens is 264 g/mol. The summed E-state index contributed by atoms with van der Waals surface area (Å²) in [6.45, 7) is 6.66. The van der Waals surface area contributed by atoms with E-state index in [1.54, 1.807) is 0 Å². The first-order valence-electron chi connectivity index (χ1n) is 7.95. The van der Waals surface area contributed by atoms with Gasteiger partial charge in [-0.25, -0.2) is 0 Å². The van der Waals surface area contributed by atoms with Crippen LogP contribution >= 0.6 is 0 Å². The van der Waals surface area contributed by atoms with Gasteiger partial charge in [0.05, 0.1) is 25.2 Å². The first-order valence-corrected chi connectivity index (χ1v) is 7.95. The van der Waals surface area contributed by atoms with Crippen LogP contribution in [0.15, 0.2) is 30.3 Å². The number of benzene rings is 1. The van der Waals surface area contributed by atoms with E-state index in [0.717, 1.165) is 44.8 Å². The lowest BCUT2D eigenvalue weighted by molar-refractivity contribution is -0.141. The Labute approximate surface area is 126 Å². The molecule has 2 fully saturated rings. The van der Waals surface area contributed by atoms with Crippen LogP contribution in [0.5, 0.6) is 0 Å². The van der Waals surface area contributed by atoms with Gasteiger partial charge >= 0.3 is 0 Å². The van der Waals surface area contributed by atoms with Crippen LogP contribution in [0.4, 0.5) is 0 Å². The number of likely N-dealkylation sites (tertiary alicyclic amines) is 1. The topological polar surface area (TPSA) is 32.8 Å². The van der Waals surface area contributed by atoms with Gasteiger partial charge in [-0.15, -0.1) is 0 Å². The molecule has 4 heteroatoms. The number of hydrogen-bond acceptors (Lipinski definition) is 3. The van der Waals surface area contributed by atoms with E-state index in [2.05, 4.69) is 11.8 Å². The van der Waals surface area contributed by atoms with Gasteiger partial charge in [0.2, 0.25) is 5.91 Å². The third kappa shape index (κ3) is 3.27. The standard InChI is InChI=1S/C17H24N2O2/c1-2-18-10-11-21-16-8-9-19(13-15(16)18)17(20)12-14-6-4-3-5-7-14/h3-7,15-16H,2,8-13H2,1H3/t15-,16-/m0/s1. The van der Waals surface area contributed by atoms with Crippen LogP contribution in [-0.4, -0.2) is 60.6 Å². The zero-order valence-corrected chi connectivity index (χ0v) is 12.7. The van der Waals surface area contributed by atoms with Crippen LogP contribution in [0, 0.1) is 0 Å². The molecule has 0 bridgehead atoms. The Morgan fingerprint density at radius 1 is 1.29 bits per heavy atom. The van der Waals surface area contributed by atoms with Crippen molar-refractivity contribution >= 4 is 5.91 Å². The maximum absolute atomic E-state index is 12.5. The number of carbonyl (C=O) groups excluding carboxylic acids is 1. The number of fused-ring (bicyclic) bond motifs is 1. The monoisotopic (exact) mass is 288 g/mol. The van der Waals surface area contributed by atoms with E-state index in [1.165, 1.54) is 0 Å². The minimum absolute atomic E-state index is 0.237. The molecule has 0 radical (unpaired) electrons. The summed E-state index contributed by atoms with van der Waals surface area (Å²) >= 11 is 0. The minimum atomic E-state index is 0.237. The zero-order valence-electron chi connectivity index (χ0n) is 12.7. The molecule has 1 aromatic carbocycles. The van der Waals surface area contributed by atoms with Crippen LogP contribution in [-0.2, 0) is 16.0 Å². The summed E-state index contributed by atoms with van der Waals surface area (Å²) in [5.74, 6) is 0.237. The average molecular weight is 288 g/mol. The van der Waals surface area contributed by atoms with E-state index >= 15 is 0 Å². The molecule has 0 saturated carbocycles. The maximum atomic E-state index is 12.5. The molecule has 1 aromatic rings. The molecule has 114 valence electrons. The highest BCUT2D eigenvalue weighted by Gasteiger charge is 2.37. The number of morpholine rings is 1. The molecule has 2 aliphatic heterocycles. The average Bonchev–Trinajstić information content (AvgIpc) is 2.54. The molecule has 21 heavy (non-hydrogen) atoms. The predicted octanol–water partition coefficient (Wildman–Crippen LogP) is 1.55. The number of piperidine rings is 1. The van der Waals surface area contributed by atoms with Crippen LogP contribution in [0.3, 0.4) is 0 Å². The Balaban J connectivity index is 1.63. The summed E-state index contributed by atoms with van der Waals surface area (Å²) in [7, 11) is 0. The molecule has 2 heterocycles. The predicted molar refractivity (Wildman–Crippen MR) is 82.1 cm³/mol. The molecule has 0 aromatic heterocycles. The van der Waals surface area contributed by atoms with Crippen molar-refractivity contribution < 1.29 is 9.53 Å². The van der Waals surface area contributed by atoms with Gasteiger partial charge < -0.3 is 9.64 Å². The lowest BCUT2D eigenvalue weighted by atomic mass is 9.98. The van der Waals surface area contributed by atoms with Gasteiger partial charge in [-0.05, 0) is 18.5 Å². The van der Waals surface area contributed by atoms with Gasteiger partial charge in [0.1, 0.15) is 0 Å². The molecule has 0 aliphatic carbocycles. The fourth-order valence-corrected chi connectivity index (χ4v) is 3.44. The molecule has 3 rings (SSSR count). The second-order valence-electron chi connectivity index (χ2n) is 5.90. The van der Waals surface area contributed by atoms with Crippen LogP contribution in [0.2, 0.25) is 0 Å². The third-order valence-corrected chi connectivity index (χ3v) is 4.66. The van der Waals surface area contributed by atoms with Crippen molar-refractivity contribution in [3.05, 3.63) is 35.9 Å². The van der Waals surface area contributed by atoms with Crippen molar-refractivity contribution in [3.63, 3.8) is 0 Å². The lowest BCUT2D eigenvalue weighted by Crippen LogP contribution is -2.60. The van der Waals surface area contributed by atoms with Crippen molar-refractivity contribution in [2.45, 2.75) is 31.9 Å². The smallest absolute Gasteiger partial charge is 0.227 e. The largest absolute Gasteiger partial charge is 0.375 e. The van der Waals surface area contributed by atoms with Gasteiger partial charge in [0, 0.05) is 19.6 Å². The van der Waals surface area contributed by atoms with Gasteiger partial charge in [0.15, 0.2) is 0 Å². The van der Waals surface area contributed by atoms with Crippen molar-refractivity contribution in [2.24, 2.45) is 0 Å². The van der Waals surface area contributed by atoms with E-state index < -0.39 is 0 Å². The lowest BCUT2D eigenvalue weighted by Gasteiger charge is -2.46. The van der Waals surface area contributed by atoms with Crippen molar-refractivity contribution in [1.82, 2.24) is 9.80 Å². The molecule has 0 N–H and O–H groups in total. The van der Waals surface area contributed by atoms with E-state index in [4.69, 9.17) is 4.74 Å². The van der Waals surface area contributed by atoms with Crippen LogP contribution in [0.25, 0.3) is 0 Å². The van der Waals surface area contributed by atoms with Crippen molar-refractivity contribution in [3.8, 4) is 0 Å². The molecule has 1 amide bonds. The first kappa shape index (κ1) is 14.5. The quantitative estimate of drug-likeness (QED) is 0.846. The number of likely N-dealkylation sites (N-methyl/N-ethyl adjacent to an activating group) is 1.